The SMILES string of the molecule is CN(Cc1ccc2c(c1)OCCO2)S(=O)(=O)CCCCl. The van der Waals surface area contributed by atoms with E-state index in [4.69, 9.17) is 21.1 Å². The fraction of sp³-hybridized carbons (Fsp3) is 0.538. The van der Waals surface area contributed by atoms with Crippen LogP contribution in [0.1, 0.15) is 12.0 Å². The summed E-state index contributed by atoms with van der Waals surface area (Å²) in [6.07, 6.45) is 0.454. The van der Waals surface area contributed by atoms with E-state index in [-0.39, 0.29) is 5.75 Å². The first-order valence-electron chi connectivity index (χ1n) is 6.41. The molecule has 5 nitrogen and oxygen atoms in total. The summed E-state index contributed by atoms with van der Waals surface area (Å²) in [5, 5.41) is 0. The van der Waals surface area contributed by atoms with E-state index in [9.17, 15) is 8.42 Å². The van der Waals surface area contributed by atoms with Crippen molar-refractivity contribution in [3.8, 4) is 11.5 Å². The molecule has 1 aliphatic rings. The van der Waals surface area contributed by atoms with E-state index in [1.807, 2.05) is 18.2 Å². The third kappa shape index (κ3) is 3.77. The quantitative estimate of drug-likeness (QED) is 0.751. The van der Waals surface area contributed by atoms with Gasteiger partial charge in [0.05, 0.1) is 5.75 Å². The van der Waals surface area contributed by atoms with Crippen molar-refractivity contribution in [1.29, 1.82) is 0 Å². The average Bonchev–Trinajstić information content (AvgIpc) is 2.45. The molecule has 0 amide bonds. The van der Waals surface area contributed by atoms with Crippen molar-refractivity contribution in [3.63, 3.8) is 0 Å². The van der Waals surface area contributed by atoms with Crippen LogP contribution in [0.15, 0.2) is 18.2 Å². The average molecular weight is 320 g/mol. The van der Waals surface area contributed by atoms with Gasteiger partial charge in [-0.15, -0.1) is 11.6 Å². The minimum absolute atomic E-state index is 0.0670. The number of sulfonamides is 1. The van der Waals surface area contributed by atoms with Crippen molar-refractivity contribution < 1.29 is 17.9 Å². The second-order valence-corrected chi connectivity index (χ2v) is 7.17. The van der Waals surface area contributed by atoms with Crippen LogP contribution in [0.25, 0.3) is 0 Å². The summed E-state index contributed by atoms with van der Waals surface area (Å²) in [6, 6.07) is 5.48. The molecule has 0 unspecified atom stereocenters. The Morgan fingerprint density at radius 2 is 1.95 bits per heavy atom. The molecular formula is C13H18ClNO4S. The molecule has 7 heteroatoms. The van der Waals surface area contributed by atoms with Gasteiger partial charge >= 0.3 is 0 Å². The van der Waals surface area contributed by atoms with Gasteiger partial charge in [-0.1, -0.05) is 6.07 Å². The summed E-state index contributed by atoms with van der Waals surface area (Å²) in [4.78, 5) is 0. The highest BCUT2D eigenvalue weighted by Gasteiger charge is 2.19. The number of rotatable bonds is 6. The summed E-state index contributed by atoms with van der Waals surface area (Å²) in [5.41, 5.74) is 0.867. The zero-order chi connectivity index (χ0) is 14.6. The topological polar surface area (TPSA) is 55.8 Å². The Morgan fingerprint density at radius 1 is 1.25 bits per heavy atom. The van der Waals surface area contributed by atoms with Gasteiger partial charge < -0.3 is 9.47 Å². The highest BCUT2D eigenvalue weighted by molar-refractivity contribution is 7.89. The van der Waals surface area contributed by atoms with Gasteiger partial charge in [-0.3, -0.25) is 0 Å². The Kier molecular flexibility index (Phi) is 5.12. The predicted octanol–water partition coefficient (Wildman–Crippen LogP) is 1.85. The van der Waals surface area contributed by atoms with Crippen LogP contribution in [0.2, 0.25) is 0 Å². The second-order valence-electron chi connectivity index (χ2n) is 4.59. The first-order valence-corrected chi connectivity index (χ1v) is 8.56. The van der Waals surface area contributed by atoms with Gasteiger partial charge in [-0.05, 0) is 24.1 Å². The lowest BCUT2D eigenvalue weighted by Crippen LogP contribution is -2.29. The molecule has 20 heavy (non-hydrogen) atoms. The van der Waals surface area contributed by atoms with Crippen molar-refractivity contribution >= 4 is 21.6 Å². The van der Waals surface area contributed by atoms with Crippen LogP contribution in [0, 0.1) is 0 Å². The van der Waals surface area contributed by atoms with Crippen LogP contribution in [0.5, 0.6) is 11.5 Å². The van der Waals surface area contributed by atoms with Crippen LogP contribution < -0.4 is 9.47 Å². The molecule has 0 atom stereocenters. The van der Waals surface area contributed by atoms with Gasteiger partial charge in [0, 0.05) is 19.5 Å². The van der Waals surface area contributed by atoms with Gasteiger partial charge in [0.15, 0.2) is 11.5 Å². The molecule has 0 bridgehead atoms. The van der Waals surface area contributed by atoms with Gasteiger partial charge in [0.2, 0.25) is 10.0 Å². The summed E-state index contributed by atoms with van der Waals surface area (Å²) in [6.45, 7) is 1.36. The smallest absolute Gasteiger partial charge is 0.214 e. The number of hydrogen-bond acceptors (Lipinski definition) is 4. The first kappa shape index (κ1) is 15.4. The van der Waals surface area contributed by atoms with E-state index in [0.29, 0.717) is 43.6 Å². The normalized spacial score (nSPS) is 14.6. The van der Waals surface area contributed by atoms with Gasteiger partial charge in [0.25, 0.3) is 0 Å². The van der Waals surface area contributed by atoms with Crippen LogP contribution >= 0.6 is 11.6 Å². The lowest BCUT2D eigenvalue weighted by Gasteiger charge is -2.21. The fourth-order valence-electron chi connectivity index (χ4n) is 1.93. The van der Waals surface area contributed by atoms with Crippen LogP contribution in [0.3, 0.4) is 0 Å². The molecule has 1 heterocycles. The van der Waals surface area contributed by atoms with E-state index < -0.39 is 10.0 Å². The zero-order valence-corrected chi connectivity index (χ0v) is 12.9. The minimum Gasteiger partial charge on any atom is -0.486 e. The molecule has 1 aromatic rings. The summed E-state index contributed by atoms with van der Waals surface area (Å²) >= 11 is 5.54. The summed E-state index contributed by atoms with van der Waals surface area (Å²) < 4.78 is 36.2. The predicted molar refractivity (Wildman–Crippen MR) is 78.0 cm³/mol. The minimum atomic E-state index is -3.27. The van der Waals surface area contributed by atoms with Crippen molar-refractivity contribution in [3.05, 3.63) is 23.8 Å². The molecule has 0 fully saturated rings. The van der Waals surface area contributed by atoms with Crippen molar-refractivity contribution in [2.45, 2.75) is 13.0 Å². The number of hydrogen-bond donors (Lipinski definition) is 0. The highest BCUT2D eigenvalue weighted by Crippen LogP contribution is 2.31. The largest absolute Gasteiger partial charge is 0.486 e. The van der Waals surface area contributed by atoms with Gasteiger partial charge in [-0.25, -0.2) is 12.7 Å². The number of halogens is 1. The van der Waals surface area contributed by atoms with E-state index in [1.165, 1.54) is 4.31 Å². The number of nitrogens with zero attached hydrogens (tertiary/aromatic N) is 1. The van der Waals surface area contributed by atoms with E-state index >= 15 is 0 Å². The number of alkyl halides is 1. The third-order valence-corrected chi connectivity index (χ3v) is 5.17. The molecule has 0 saturated carbocycles. The number of benzene rings is 1. The second kappa shape index (κ2) is 6.65. The Hall–Kier alpha value is -0.980. The van der Waals surface area contributed by atoms with E-state index in [0.717, 1.165) is 5.56 Å². The Morgan fingerprint density at radius 3 is 2.65 bits per heavy atom. The molecular weight excluding hydrogens is 302 g/mol. The van der Waals surface area contributed by atoms with E-state index in [2.05, 4.69) is 0 Å². The van der Waals surface area contributed by atoms with Crippen molar-refractivity contribution in [1.82, 2.24) is 4.31 Å². The molecule has 0 spiro atoms. The number of fused-ring (bicyclic) bond motifs is 1. The van der Waals surface area contributed by atoms with Gasteiger partial charge in [0.1, 0.15) is 13.2 Å². The third-order valence-electron chi connectivity index (χ3n) is 3.02. The summed E-state index contributed by atoms with van der Waals surface area (Å²) in [7, 11) is -1.70. The van der Waals surface area contributed by atoms with Crippen molar-refractivity contribution in [2.75, 3.05) is 31.9 Å². The molecule has 0 aromatic heterocycles. The lowest BCUT2D eigenvalue weighted by molar-refractivity contribution is 0.171. The maximum Gasteiger partial charge on any atom is 0.214 e. The van der Waals surface area contributed by atoms with Crippen molar-refractivity contribution in [2.24, 2.45) is 0 Å². The molecule has 112 valence electrons. The molecule has 0 aliphatic carbocycles. The highest BCUT2D eigenvalue weighted by atomic mass is 35.5. The Labute approximate surface area is 124 Å². The van der Waals surface area contributed by atoms with Crippen LogP contribution in [-0.2, 0) is 16.6 Å². The first-order chi connectivity index (χ1) is 9.53. The van der Waals surface area contributed by atoms with Crippen LogP contribution in [-0.4, -0.2) is 44.6 Å². The lowest BCUT2D eigenvalue weighted by atomic mass is 10.2. The van der Waals surface area contributed by atoms with Gasteiger partial charge in [-0.2, -0.15) is 0 Å². The molecule has 0 N–H and O–H groups in total. The zero-order valence-electron chi connectivity index (χ0n) is 11.3. The van der Waals surface area contributed by atoms with Crippen LogP contribution in [0.4, 0.5) is 0 Å². The standard InChI is InChI=1S/C13H18ClNO4S/c1-15(20(16,17)8-2-5-14)10-11-3-4-12-13(9-11)19-7-6-18-12/h3-4,9H,2,5-8,10H2,1H3. The van der Waals surface area contributed by atoms with E-state index in [1.54, 1.807) is 7.05 Å². The molecule has 0 saturated heterocycles. The Balaban J connectivity index is 2.06. The fourth-order valence-corrected chi connectivity index (χ4v) is 3.39. The summed E-state index contributed by atoms with van der Waals surface area (Å²) in [5.74, 6) is 1.78. The maximum absolute atomic E-state index is 12.0. The molecule has 0 radical (unpaired) electrons. The monoisotopic (exact) mass is 319 g/mol. The molecule has 1 aliphatic heterocycles. The number of ether oxygens (including phenoxy) is 2. The molecule has 2 rings (SSSR count). The Bertz CT molecular complexity index is 561. The molecule has 1 aromatic carbocycles. The maximum atomic E-state index is 12.0.